The molecule has 0 aliphatic rings. The van der Waals surface area contributed by atoms with Crippen LogP contribution in [0.2, 0.25) is 0 Å². The Morgan fingerprint density at radius 3 is 2.80 bits per heavy atom. The van der Waals surface area contributed by atoms with E-state index in [9.17, 15) is 12.8 Å². The van der Waals surface area contributed by atoms with Crippen molar-refractivity contribution in [2.75, 3.05) is 5.73 Å². The van der Waals surface area contributed by atoms with Crippen molar-refractivity contribution in [3.05, 3.63) is 40.6 Å². The number of nitrogen functional groups attached to an aromatic ring is 1. The maximum absolute atomic E-state index is 13.1. The van der Waals surface area contributed by atoms with Gasteiger partial charge in [-0.3, -0.25) is 0 Å². The Kier molecular flexibility index (Phi) is 4.36. The molecule has 0 saturated carbocycles. The van der Waals surface area contributed by atoms with Gasteiger partial charge in [0, 0.05) is 11.6 Å². The summed E-state index contributed by atoms with van der Waals surface area (Å²) in [6.07, 6.45) is 2.18. The van der Waals surface area contributed by atoms with Crippen LogP contribution in [-0.4, -0.2) is 13.4 Å². The summed E-state index contributed by atoms with van der Waals surface area (Å²) in [6.45, 7) is 1.85. The predicted molar refractivity (Wildman–Crippen MR) is 76.3 cm³/mol. The third kappa shape index (κ3) is 3.14. The lowest BCUT2D eigenvalue weighted by Crippen LogP contribution is -2.28. The number of halogens is 1. The number of anilines is 1. The largest absolute Gasteiger partial charge is 0.396 e. The second-order valence-corrected chi connectivity index (χ2v) is 6.78. The number of hydrogen-bond donors (Lipinski definition) is 2. The van der Waals surface area contributed by atoms with E-state index in [1.807, 2.05) is 6.92 Å². The Hall–Kier alpha value is -1.51. The monoisotopic (exact) mass is 315 g/mol. The molecule has 0 amide bonds. The van der Waals surface area contributed by atoms with Crippen LogP contribution < -0.4 is 10.5 Å². The highest BCUT2D eigenvalue weighted by molar-refractivity contribution is 7.89. The van der Waals surface area contributed by atoms with Crippen LogP contribution >= 0.6 is 11.3 Å². The minimum Gasteiger partial charge on any atom is -0.396 e. The van der Waals surface area contributed by atoms with E-state index < -0.39 is 21.9 Å². The van der Waals surface area contributed by atoms with E-state index in [1.165, 1.54) is 17.4 Å². The highest BCUT2D eigenvalue weighted by Gasteiger charge is 2.22. The van der Waals surface area contributed by atoms with E-state index in [0.717, 1.165) is 12.1 Å². The molecule has 0 saturated heterocycles. The standard InChI is InChI=1S/C12H14FN3O2S2/c1-2-11(12-15-5-6-19-12)16-20(17,18)8-3-4-9(13)10(14)7-8/h3-7,11,16H,2,14H2,1H3. The van der Waals surface area contributed by atoms with Crippen molar-refractivity contribution in [1.82, 2.24) is 9.71 Å². The molecule has 5 nitrogen and oxygen atoms in total. The maximum atomic E-state index is 13.1. The average Bonchev–Trinajstić information content (AvgIpc) is 2.93. The highest BCUT2D eigenvalue weighted by atomic mass is 32.2. The Morgan fingerprint density at radius 1 is 1.50 bits per heavy atom. The number of nitrogens with one attached hydrogen (secondary N) is 1. The van der Waals surface area contributed by atoms with Crippen LogP contribution in [-0.2, 0) is 10.0 Å². The quantitative estimate of drug-likeness (QED) is 0.829. The summed E-state index contributed by atoms with van der Waals surface area (Å²) in [7, 11) is -3.77. The number of benzene rings is 1. The summed E-state index contributed by atoms with van der Waals surface area (Å²) >= 11 is 1.37. The van der Waals surface area contributed by atoms with E-state index >= 15 is 0 Å². The number of hydrogen-bond acceptors (Lipinski definition) is 5. The lowest BCUT2D eigenvalue weighted by atomic mass is 10.3. The molecule has 0 aliphatic carbocycles. The fourth-order valence-corrected chi connectivity index (χ4v) is 3.82. The third-order valence-electron chi connectivity index (χ3n) is 2.73. The van der Waals surface area contributed by atoms with Crippen LogP contribution in [0.1, 0.15) is 24.4 Å². The second-order valence-electron chi connectivity index (χ2n) is 4.14. The Balaban J connectivity index is 2.28. The molecule has 1 unspecified atom stereocenters. The Bertz CT molecular complexity index is 687. The fraction of sp³-hybridized carbons (Fsp3) is 0.250. The zero-order chi connectivity index (χ0) is 14.8. The van der Waals surface area contributed by atoms with Gasteiger partial charge in [-0.25, -0.2) is 22.5 Å². The minimum absolute atomic E-state index is 0.0635. The first kappa shape index (κ1) is 14.9. The van der Waals surface area contributed by atoms with Crippen molar-refractivity contribution in [3.63, 3.8) is 0 Å². The predicted octanol–water partition coefficient (Wildman–Crippen LogP) is 2.29. The van der Waals surface area contributed by atoms with Crippen molar-refractivity contribution >= 4 is 27.0 Å². The molecule has 108 valence electrons. The molecule has 0 bridgehead atoms. The van der Waals surface area contributed by atoms with Gasteiger partial charge in [-0.1, -0.05) is 6.92 Å². The summed E-state index contributed by atoms with van der Waals surface area (Å²) < 4.78 is 40.1. The normalized spacial score (nSPS) is 13.3. The van der Waals surface area contributed by atoms with Crippen LogP contribution in [0, 0.1) is 5.82 Å². The smallest absolute Gasteiger partial charge is 0.241 e. The first-order chi connectivity index (χ1) is 9.44. The van der Waals surface area contributed by atoms with E-state index in [-0.39, 0.29) is 10.6 Å². The molecule has 20 heavy (non-hydrogen) atoms. The van der Waals surface area contributed by atoms with Gasteiger partial charge in [0.25, 0.3) is 0 Å². The van der Waals surface area contributed by atoms with Gasteiger partial charge in [-0.15, -0.1) is 11.3 Å². The van der Waals surface area contributed by atoms with Crippen LogP contribution in [0.5, 0.6) is 0 Å². The molecule has 0 spiro atoms. The molecule has 2 rings (SSSR count). The molecule has 2 aromatic rings. The lowest BCUT2D eigenvalue weighted by Gasteiger charge is -2.15. The van der Waals surface area contributed by atoms with Crippen LogP contribution in [0.15, 0.2) is 34.7 Å². The fourth-order valence-electron chi connectivity index (χ4n) is 1.66. The molecule has 8 heteroatoms. The van der Waals surface area contributed by atoms with Gasteiger partial charge >= 0.3 is 0 Å². The van der Waals surface area contributed by atoms with Gasteiger partial charge in [0.1, 0.15) is 10.8 Å². The number of nitrogens with two attached hydrogens (primary N) is 1. The minimum atomic E-state index is -3.77. The third-order valence-corrected chi connectivity index (χ3v) is 5.09. The van der Waals surface area contributed by atoms with Gasteiger partial charge in [-0.05, 0) is 24.6 Å². The first-order valence-electron chi connectivity index (χ1n) is 5.90. The summed E-state index contributed by atoms with van der Waals surface area (Å²) in [5.74, 6) is -0.643. The van der Waals surface area contributed by atoms with Gasteiger partial charge in [-0.2, -0.15) is 0 Å². The lowest BCUT2D eigenvalue weighted by molar-refractivity contribution is 0.548. The van der Waals surface area contributed by atoms with Gasteiger partial charge in [0.2, 0.25) is 10.0 Å². The maximum Gasteiger partial charge on any atom is 0.241 e. The van der Waals surface area contributed by atoms with E-state index in [1.54, 1.807) is 11.6 Å². The zero-order valence-electron chi connectivity index (χ0n) is 10.7. The zero-order valence-corrected chi connectivity index (χ0v) is 12.3. The molecule has 1 atom stereocenters. The molecular formula is C12H14FN3O2S2. The number of nitrogens with zero attached hydrogens (tertiary/aromatic N) is 1. The van der Waals surface area contributed by atoms with Crippen LogP contribution in [0.25, 0.3) is 0 Å². The van der Waals surface area contributed by atoms with Crippen LogP contribution in [0.3, 0.4) is 0 Å². The van der Waals surface area contributed by atoms with Crippen molar-refractivity contribution in [2.24, 2.45) is 0 Å². The molecule has 1 heterocycles. The van der Waals surface area contributed by atoms with Crippen LogP contribution in [0.4, 0.5) is 10.1 Å². The van der Waals surface area contributed by atoms with E-state index in [0.29, 0.717) is 11.4 Å². The molecule has 0 radical (unpaired) electrons. The SMILES string of the molecule is CCC(NS(=O)(=O)c1ccc(F)c(N)c1)c1nccs1. The van der Waals surface area contributed by atoms with Crippen molar-refractivity contribution < 1.29 is 12.8 Å². The van der Waals surface area contributed by atoms with Crippen molar-refractivity contribution in [1.29, 1.82) is 0 Å². The number of aromatic nitrogens is 1. The molecule has 1 aromatic heterocycles. The highest BCUT2D eigenvalue weighted by Crippen LogP contribution is 2.23. The van der Waals surface area contributed by atoms with Crippen molar-refractivity contribution in [2.45, 2.75) is 24.3 Å². The molecule has 0 aliphatic heterocycles. The summed E-state index contributed by atoms with van der Waals surface area (Å²) in [4.78, 5) is 4.04. The second kappa shape index (κ2) is 5.86. The number of rotatable bonds is 5. The van der Waals surface area contributed by atoms with Gasteiger partial charge in [0.05, 0.1) is 16.6 Å². The van der Waals surface area contributed by atoms with Gasteiger partial charge in [0.15, 0.2) is 0 Å². The summed E-state index contributed by atoms with van der Waals surface area (Å²) in [6, 6.07) is 2.91. The van der Waals surface area contributed by atoms with Crippen molar-refractivity contribution in [3.8, 4) is 0 Å². The molecular weight excluding hydrogens is 301 g/mol. The summed E-state index contributed by atoms with van der Waals surface area (Å²) in [5, 5.41) is 2.47. The molecule has 3 N–H and O–H groups in total. The average molecular weight is 315 g/mol. The topological polar surface area (TPSA) is 85.1 Å². The number of sulfonamides is 1. The summed E-state index contributed by atoms with van der Waals surface area (Å²) in [5.41, 5.74) is 5.20. The van der Waals surface area contributed by atoms with E-state index in [2.05, 4.69) is 9.71 Å². The Morgan fingerprint density at radius 2 is 2.25 bits per heavy atom. The Labute approximate surface area is 120 Å². The molecule has 1 aromatic carbocycles. The van der Waals surface area contributed by atoms with E-state index in [4.69, 9.17) is 5.73 Å². The molecule has 0 fully saturated rings. The van der Waals surface area contributed by atoms with Gasteiger partial charge < -0.3 is 5.73 Å². The number of thiazole rings is 1. The first-order valence-corrected chi connectivity index (χ1v) is 8.27.